The maximum Gasteiger partial charge on any atom is 0.460 e. The number of rotatable bonds is 9. The minimum Gasteiger partial charge on any atom is -0.258 e. The molecule has 0 fully saturated rings. The highest BCUT2D eigenvalue weighted by molar-refractivity contribution is 5.66. The average molecular weight is 628 g/mol. The van der Waals surface area contributed by atoms with E-state index < -0.39 is 91.1 Å². The number of nitro groups is 2. The zero-order valence-electron chi connectivity index (χ0n) is 19.0. The van der Waals surface area contributed by atoms with Gasteiger partial charge >= 0.3 is 47.6 Å². The van der Waals surface area contributed by atoms with Crippen LogP contribution in [0, 0.1) is 41.0 Å². The van der Waals surface area contributed by atoms with Crippen LogP contribution in [0.3, 0.4) is 0 Å². The molecular formula is C17H9F17N2O4. The summed E-state index contributed by atoms with van der Waals surface area (Å²) in [7, 11) is 0. The Balaban J connectivity index is 4.14. The molecule has 0 amide bonds. The van der Waals surface area contributed by atoms with Crippen LogP contribution in [0.1, 0.15) is 22.3 Å². The van der Waals surface area contributed by atoms with Crippen molar-refractivity contribution in [2.45, 2.75) is 68.4 Å². The first-order valence-corrected chi connectivity index (χ1v) is 9.39. The van der Waals surface area contributed by atoms with Gasteiger partial charge < -0.3 is 0 Å². The van der Waals surface area contributed by atoms with Crippen molar-refractivity contribution in [1.82, 2.24) is 0 Å². The Morgan fingerprint density at radius 1 is 0.450 bits per heavy atom. The summed E-state index contributed by atoms with van der Waals surface area (Å²) in [4.78, 5) is 18.8. The lowest BCUT2D eigenvalue weighted by molar-refractivity contribution is -0.462. The summed E-state index contributed by atoms with van der Waals surface area (Å²) < 4.78 is 231. The molecule has 0 aliphatic heterocycles. The van der Waals surface area contributed by atoms with E-state index >= 15 is 0 Å². The third kappa shape index (κ3) is 4.16. The van der Waals surface area contributed by atoms with Crippen LogP contribution in [0.2, 0.25) is 0 Å². The molecule has 0 aliphatic carbocycles. The fourth-order valence-electron chi connectivity index (χ4n) is 3.53. The van der Waals surface area contributed by atoms with Crippen molar-refractivity contribution in [3.05, 3.63) is 42.5 Å². The predicted octanol–water partition coefficient (Wildman–Crippen LogP) is 7.89. The van der Waals surface area contributed by atoms with Crippen LogP contribution in [0.15, 0.2) is 0 Å². The molecule has 0 aromatic heterocycles. The van der Waals surface area contributed by atoms with Gasteiger partial charge in [0.2, 0.25) is 0 Å². The monoisotopic (exact) mass is 628 g/mol. The van der Waals surface area contributed by atoms with E-state index in [4.69, 9.17) is 0 Å². The largest absolute Gasteiger partial charge is 0.460 e. The summed E-state index contributed by atoms with van der Waals surface area (Å²) in [6.45, 7) is 0.483. The number of halogens is 17. The Kier molecular flexibility index (Phi) is 8.00. The van der Waals surface area contributed by atoms with Crippen LogP contribution in [0.25, 0.3) is 0 Å². The van der Waals surface area contributed by atoms with E-state index in [1.807, 2.05) is 0 Å². The summed E-state index contributed by atoms with van der Waals surface area (Å²) in [5.74, 6) is -58.8. The molecule has 0 heterocycles. The first-order valence-electron chi connectivity index (χ1n) is 9.39. The van der Waals surface area contributed by atoms with Gasteiger partial charge in [0.05, 0.1) is 9.85 Å². The highest BCUT2D eigenvalue weighted by Gasteiger charge is 2.95. The first-order chi connectivity index (χ1) is 17.2. The van der Waals surface area contributed by atoms with Gasteiger partial charge in [-0.3, -0.25) is 20.2 Å². The lowest BCUT2D eigenvalue weighted by atomic mass is 9.83. The predicted molar refractivity (Wildman–Crippen MR) is 93.6 cm³/mol. The Labute approximate surface area is 208 Å². The molecule has 0 unspecified atom stereocenters. The summed E-state index contributed by atoms with van der Waals surface area (Å²) in [6, 6.07) is 0. The van der Waals surface area contributed by atoms with Crippen molar-refractivity contribution < 1.29 is 84.5 Å². The average Bonchev–Trinajstić information content (AvgIpc) is 2.70. The Bertz CT molecular complexity index is 1180. The Morgan fingerprint density at radius 2 is 0.700 bits per heavy atom. The maximum atomic E-state index is 14.8. The van der Waals surface area contributed by atoms with Gasteiger partial charge in [-0.15, -0.1) is 0 Å². The molecule has 0 N–H and O–H groups in total. The van der Waals surface area contributed by atoms with Crippen molar-refractivity contribution in [1.29, 1.82) is 0 Å². The number of hydrogen-bond acceptors (Lipinski definition) is 4. The minimum absolute atomic E-state index is 0.0180. The smallest absolute Gasteiger partial charge is 0.258 e. The lowest BCUT2D eigenvalue weighted by Gasteiger charge is -2.43. The first kappa shape index (κ1) is 34.9. The number of nitro benzene ring substituents is 2. The molecule has 0 saturated heterocycles. The second-order valence-electron chi connectivity index (χ2n) is 7.98. The molecule has 23 heteroatoms. The normalized spacial score (nSPS) is 14.9. The van der Waals surface area contributed by atoms with Crippen LogP contribution in [0.4, 0.5) is 86.0 Å². The van der Waals surface area contributed by atoms with E-state index in [-0.39, 0.29) is 13.8 Å². The van der Waals surface area contributed by atoms with Crippen LogP contribution < -0.4 is 0 Å². The van der Waals surface area contributed by atoms with Gasteiger partial charge in [0.1, 0.15) is 5.56 Å². The third-order valence-electron chi connectivity index (χ3n) is 5.57. The number of benzene rings is 1. The fourth-order valence-corrected chi connectivity index (χ4v) is 3.53. The molecule has 1 rings (SSSR count). The summed E-state index contributed by atoms with van der Waals surface area (Å²) in [5, 5.41) is 22.3. The molecule has 1 aromatic rings. The molecule has 40 heavy (non-hydrogen) atoms. The second-order valence-corrected chi connectivity index (χ2v) is 7.98. The van der Waals surface area contributed by atoms with Crippen molar-refractivity contribution in [3.8, 4) is 0 Å². The van der Waals surface area contributed by atoms with Gasteiger partial charge in [-0.2, -0.15) is 74.6 Å². The van der Waals surface area contributed by atoms with Gasteiger partial charge in [0, 0.05) is 16.7 Å². The van der Waals surface area contributed by atoms with Crippen molar-refractivity contribution in [2.75, 3.05) is 0 Å². The van der Waals surface area contributed by atoms with E-state index in [1.54, 1.807) is 0 Å². The standard InChI is InChI=1S/C17H9F17N2O4/c1-4-7(5(2)9(36(39)40)6(3)8(4)35(37)38)10(18,19)11(20,21)12(22,23)13(24,25)14(26,27)15(28,29)16(30,31)17(32,33)34/h1-3H3. The van der Waals surface area contributed by atoms with E-state index in [0.717, 1.165) is 0 Å². The molecule has 1 aromatic carbocycles. The topological polar surface area (TPSA) is 86.3 Å². The quantitative estimate of drug-likeness (QED) is 0.158. The molecular weight excluding hydrogens is 619 g/mol. The van der Waals surface area contributed by atoms with Crippen LogP contribution in [-0.2, 0) is 5.92 Å². The molecule has 0 bridgehead atoms. The van der Waals surface area contributed by atoms with Crippen LogP contribution in [0.5, 0.6) is 0 Å². The van der Waals surface area contributed by atoms with Crippen molar-refractivity contribution in [3.63, 3.8) is 0 Å². The second kappa shape index (κ2) is 9.17. The molecule has 0 spiro atoms. The van der Waals surface area contributed by atoms with E-state index in [0.29, 0.717) is 6.92 Å². The van der Waals surface area contributed by atoms with Crippen LogP contribution in [-0.4, -0.2) is 51.6 Å². The van der Waals surface area contributed by atoms with Gasteiger partial charge in [-0.05, 0) is 20.8 Å². The number of hydrogen-bond donors (Lipinski definition) is 0. The SMILES string of the molecule is Cc1c([N+](=O)[O-])c(C)c(C(F)(F)C(F)(F)C(F)(F)C(F)(F)C(F)(F)C(F)(F)C(F)(F)C(F)(F)F)c(C)c1[N+](=O)[O-]. The maximum absolute atomic E-state index is 14.8. The van der Waals surface area contributed by atoms with E-state index in [9.17, 15) is 94.9 Å². The lowest BCUT2D eigenvalue weighted by Crippen LogP contribution is -2.74. The fraction of sp³-hybridized carbons (Fsp3) is 0.647. The highest BCUT2D eigenvalue weighted by Crippen LogP contribution is 2.65. The summed E-state index contributed by atoms with van der Waals surface area (Å²) >= 11 is 0. The molecule has 230 valence electrons. The third-order valence-corrected chi connectivity index (χ3v) is 5.57. The van der Waals surface area contributed by atoms with E-state index in [1.165, 1.54) is 0 Å². The molecule has 0 saturated carbocycles. The van der Waals surface area contributed by atoms with E-state index in [2.05, 4.69) is 0 Å². The Morgan fingerprint density at radius 3 is 0.950 bits per heavy atom. The van der Waals surface area contributed by atoms with Crippen molar-refractivity contribution >= 4 is 11.4 Å². The van der Waals surface area contributed by atoms with Gasteiger partial charge in [-0.1, -0.05) is 0 Å². The molecule has 6 nitrogen and oxygen atoms in total. The number of nitrogens with zero attached hydrogens (tertiary/aromatic N) is 2. The van der Waals surface area contributed by atoms with Crippen molar-refractivity contribution in [2.24, 2.45) is 0 Å². The zero-order chi connectivity index (χ0) is 32.6. The molecule has 0 radical (unpaired) electrons. The summed E-state index contributed by atoms with van der Waals surface area (Å²) in [5.41, 5.74) is -11.7. The van der Waals surface area contributed by atoms with Gasteiger partial charge in [0.15, 0.2) is 0 Å². The minimum atomic E-state index is -8.87. The molecule has 0 aliphatic rings. The van der Waals surface area contributed by atoms with Gasteiger partial charge in [-0.25, -0.2) is 0 Å². The Hall–Kier alpha value is -3.17. The molecule has 0 atom stereocenters. The highest BCUT2D eigenvalue weighted by atomic mass is 19.4. The summed E-state index contributed by atoms with van der Waals surface area (Å²) in [6.07, 6.45) is -7.91. The van der Waals surface area contributed by atoms with Crippen LogP contribution >= 0.6 is 0 Å². The number of alkyl halides is 17. The zero-order valence-corrected chi connectivity index (χ0v) is 19.0. The van der Waals surface area contributed by atoms with Gasteiger partial charge in [0.25, 0.3) is 11.4 Å².